The number of rotatable bonds is 12. The Balaban J connectivity index is 0.00000523. The molecule has 0 bridgehead atoms. The maximum atomic E-state index is 13.4. The monoisotopic (exact) mass is 1050 g/mol. The van der Waals surface area contributed by atoms with E-state index in [9.17, 15) is 58.4 Å². The van der Waals surface area contributed by atoms with Crippen molar-refractivity contribution in [2.45, 2.75) is 19.5 Å². The Labute approximate surface area is 410 Å². The number of nitrogens with one attached hydrogen (secondary N) is 3. The summed E-state index contributed by atoms with van der Waals surface area (Å²) in [6.07, 6.45) is 0. The van der Waals surface area contributed by atoms with Crippen LogP contribution >= 0.6 is 47.8 Å². The van der Waals surface area contributed by atoms with Crippen LogP contribution in [0.4, 0.5) is 28.4 Å². The van der Waals surface area contributed by atoms with E-state index in [0.717, 1.165) is 18.2 Å². The number of halogens is 3. The van der Waals surface area contributed by atoms with Gasteiger partial charge in [0.2, 0.25) is 5.91 Å². The van der Waals surface area contributed by atoms with Gasteiger partial charge in [-0.3, -0.25) is 14.4 Å². The number of azo groups is 1. The number of alkyl halides is 2. The molecule has 4 aromatic rings. The zero-order valence-electron chi connectivity index (χ0n) is 28.9. The number of carbonyl (C=O) groups is 3. The smallest absolute Gasteiger partial charge is 0.744 e. The van der Waals surface area contributed by atoms with Gasteiger partial charge in [-0.05, 0) is 70.5 Å². The van der Waals surface area contributed by atoms with Crippen molar-refractivity contribution in [3.8, 4) is 5.75 Å². The van der Waals surface area contributed by atoms with Crippen LogP contribution in [0.25, 0.3) is 10.8 Å². The number of fused-ring (bicyclic) bond motifs is 1. The first-order chi connectivity index (χ1) is 24.5. The van der Waals surface area contributed by atoms with Gasteiger partial charge >= 0.3 is 88.7 Å². The molecule has 0 aliphatic heterocycles. The zero-order chi connectivity index (χ0) is 39.6. The van der Waals surface area contributed by atoms with E-state index in [-0.39, 0.29) is 115 Å². The molecule has 3 amide bonds. The first-order valence-electron chi connectivity index (χ1n) is 13.9. The Hall–Kier alpha value is -1.14. The van der Waals surface area contributed by atoms with Crippen molar-refractivity contribution in [2.24, 2.45) is 10.2 Å². The quantitative estimate of drug-likeness (QED) is 0.0345. The molecule has 0 heterocycles. The normalized spacial score (nSPS) is 12.0. The molecule has 0 aliphatic carbocycles. The molecule has 0 fully saturated rings. The van der Waals surface area contributed by atoms with Gasteiger partial charge in [0.05, 0.1) is 30.2 Å². The summed E-state index contributed by atoms with van der Waals surface area (Å²) in [5, 5.41) is 24.3. The first kappa shape index (κ1) is 52.9. The minimum absolute atomic E-state index is 0. The van der Waals surface area contributed by atoms with Gasteiger partial charge < -0.3 is 34.7 Å². The third-order valence-electron chi connectivity index (χ3n) is 6.76. The van der Waals surface area contributed by atoms with Crippen molar-refractivity contribution in [2.75, 3.05) is 21.3 Å². The summed E-state index contributed by atoms with van der Waals surface area (Å²) in [5.74, 6) is -3.55. The second-order valence-corrected chi connectivity index (χ2v) is 17.1. The van der Waals surface area contributed by atoms with E-state index < -0.39 is 101 Å². The summed E-state index contributed by atoms with van der Waals surface area (Å²) in [5.41, 5.74) is -2.61. The van der Waals surface area contributed by atoms with E-state index in [1.54, 1.807) is 0 Å². The Morgan fingerprint density at radius 3 is 1.89 bits per heavy atom. The van der Waals surface area contributed by atoms with E-state index >= 15 is 0 Å². The molecule has 27 heteroatoms. The molecule has 18 nitrogen and oxygen atoms in total. The maximum absolute atomic E-state index is 13.4. The average Bonchev–Trinajstić information content (AvgIpc) is 3.05. The fourth-order valence-electron chi connectivity index (χ4n) is 4.45. The molecular formula is C29H19Br3N5Na3O13S3. The van der Waals surface area contributed by atoms with Crippen molar-refractivity contribution in [3.63, 3.8) is 0 Å². The van der Waals surface area contributed by atoms with Crippen molar-refractivity contribution < 1.29 is 147 Å². The predicted octanol–water partition coefficient (Wildman–Crippen LogP) is -4.12. The van der Waals surface area contributed by atoms with E-state index in [1.807, 2.05) is 0 Å². The molecule has 280 valence electrons. The van der Waals surface area contributed by atoms with Gasteiger partial charge in [0.15, 0.2) is 5.75 Å². The maximum Gasteiger partial charge on any atom is 1.00 e. The molecule has 0 aromatic heterocycles. The number of anilines is 3. The molecular weight excluding hydrogens is 1030 g/mol. The minimum Gasteiger partial charge on any atom is -0.744 e. The number of phenolic OH excluding ortho intramolecular Hbond substituents is 1. The van der Waals surface area contributed by atoms with E-state index in [2.05, 4.69) is 80.5 Å². The summed E-state index contributed by atoms with van der Waals surface area (Å²) >= 11 is 9.14. The first-order valence-corrected chi connectivity index (χ1v) is 20.9. The molecule has 56 heavy (non-hydrogen) atoms. The Morgan fingerprint density at radius 1 is 0.768 bits per heavy atom. The van der Waals surface area contributed by atoms with Gasteiger partial charge in [0, 0.05) is 27.7 Å². The van der Waals surface area contributed by atoms with Crippen LogP contribution in [-0.4, -0.2) is 71.9 Å². The molecule has 4 rings (SSSR count). The van der Waals surface area contributed by atoms with Crippen LogP contribution in [0.3, 0.4) is 0 Å². The molecule has 0 radical (unpaired) electrons. The molecule has 1 atom stereocenters. The molecule has 4 N–H and O–H groups in total. The van der Waals surface area contributed by atoms with Gasteiger partial charge in [0.1, 0.15) is 46.6 Å². The largest absolute Gasteiger partial charge is 1.00 e. The number of benzene rings is 4. The topological polar surface area (TPSA) is 304 Å². The van der Waals surface area contributed by atoms with Crippen molar-refractivity contribution >= 4 is 135 Å². The van der Waals surface area contributed by atoms with Crippen LogP contribution in [0.15, 0.2) is 96.6 Å². The van der Waals surface area contributed by atoms with E-state index in [1.165, 1.54) is 24.3 Å². The molecule has 0 saturated heterocycles. The second-order valence-electron chi connectivity index (χ2n) is 10.4. The van der Waals surface area contributed by atoms with Crippen LogP contribution in [0.5, 0.6) is 5.75 Å². The number of hydrogen-bond donors (Lipinski definition) is 4. The number of aromatic hydroxyl groups is 1. The van der Waals surface area contributed by atoms with Crippen LogP contribution in [0, 0.1) is 0 Å². The minimum atomic E-state index is -5.73. The molecule has 0 saturated carbocycles. The van der Waals surface area contributed by atoms with Gasteiger partial charge in [-0.15, -0.1) is 10.2 Å². The molecule has 4 aromatic carbocycles. The molecule has 0 spiro atoms. The van der Waals surface area contributed by atoms with E-state index in [4.69, 9.17) is 0 Å². The number of amides is 3. The third-order valence-corrected chi connectivity index (χ3v) is 12.0. The second kappa shape index (κ2) is 21.4. The summed E-state index contributed by atoms with van der Waals surface area (Å²) in [7, 11) is -16.5. The fourth-order valence-corrected chi connectivity index (χ4v) is 6.85. The number of hydrogen-bond acceptors (Lipinski definition) is 15. The summed E-state index contributed by atoms with van der Waals surface area (Å²) < 4.78 is 110. The fraction of sp³-hybridized carbons (Fsp3) is 0.0690. The Morgan fingerprint density at radius 2 is 1.34 bits per heavy atom. The summed E-state index contributed by atoms with van der Waals surface area (Å²) in [4.78, 5) is 33.5. The van der Waals surface area contributed by atoms with E-state index in [0.29, 0.717) is 18.2 Å². The SMILES string of the molecule is C=C(Br)C(=O)Nc1ccc(S(=O)(=O)[O-])c(N=Nc2c(S(=O)(=O)[O-])cc3c(S(=O)(=O)[O-])ccc(NC(=O)c4cccc(NC(=O)C(Br)CBr)c4)c3c2O)c1.[Na+].[Na+].[Na+]. The van der Waals surface area contributed by atoms with Crippen LogP contribution in [-0.2, 0) is 39.9 Å². The van der Waals surface area contributed by atoms with Gasteiger partial charge in [-0.1, -0.05) is 44.5 Å². The average molecular weight is 1050 g/mol. The van der Waals surface area contributed by atoms with Crippen molar-refractivity contribution in [1.82, 2.24) is 0 Å². The summed E-state index contributed by atoms with van der Waals surface area (Å²) in [6.45, 7) is 3.36. The van der Waals surface area contributed by atoms with Gasteiger partial charge in [0.25, 0.3) is 11.8 Å². The van der Waals surface area contributed by atoms with Gasteiger partial charge in [-0.25, -0.2) is 25.3 Å². The zero-order valence-corrected chi connectivity index (χ0v) is 42.1. The Bertz CT molecular complexity index is 2600. The summed E-state index contributed by atoms with van der Waals surface area (Å²) in [6, 6.07) is 9.86. The molecule has 1 unspecified atom stereocenters. The van der Waals surface area contributed by atoms with Crippen LogP contribution < -0.4 is 105 Å². The van der Waals surface area contributed by atoms with Crippen molar-refractivity contribution in [3.05, 3.63) is 77.3 Å². The number of carbonyl (C=O) groups excluding carboxylic acids is 3. The number of nitrogens with zero attached hydrogens (tertiary/aromatic N) is 2. The Kier molecular flexibility index (Phi) is 20.2. The number of phenols is 1. The standard InChI is InChI=1S/C29H22Br3N5O13S3.3Na/c1-13(31)27(39)33-16-5-7-22(52(45,46)47)20(10-16)36-37-25-23(53(48,49)50)11-17-21(51(42,43)44)8-6-19(24(17)26(25)38)35-28(40)14-3-2-4-15(9-14)34-29(41)18(32)12-30;;;/h2-11,18,38H,1,12H2,(H,33,39)(H,34,41)(H,35,40)(H,42,43,44)(H,45,46,47)(H,48,49,50);;;/q;3*+1/p-3. The molecule has 0 aliphatic rings. The van der Waals surface area contributed by atoms with Gasteiger partial charge in [-0.2, -0.15) is 0 Å². The third kappa shape index (κ3) is 13.2. The predicted molar refractivity (Wildman–Crippen MR) is 196 cm³/mol. The van der Waals surface area contributed by atoms with Crippen LogP contribution in [0.1, 0.15) is 10.4 Å². The van der Waals surface area contributed by atoms with Crippen LogP contribution in [0.2, 0.25) is 0 Å². The van der Waals surface area contributed by atoms with Crippen molar-refractivity contribution in [1.29, 1.82) is 0 Å².